The summed E-state index contributed by atoms with van der Waals surface area (Å²) in [6.07, 6.45) is 0. The lowest BCUT2D eigenvalue weighted by Crippen LogP contribution is -2.44. The van der Waals surface area contributed by atoms with Crippen molar-refractivity contribution >= 4 is 58.9 Å². The summed E-state index contributed by atoms with van der Waals surface area (Å²) >= 11 is 0. The van der Waals surface area contributed by atoms with E-state index in [9.17, 15) is 0 Å². The lowest BCUT2D eigenvalue weighted by molar-refractivity contribution is 0.422. The maximum Gasteiger partial charge on any atom is 0.143 e. The number of nitrogen functional groups attached to an aromatic ring is 1. The molecule has 0 unspecified atom stereocenters. The third kappa shape index (κ3) is 1.45. The first-order valence-corrected chi connectivity index (χ1v) is 4.40. The Bertz CT molecular complexity index is 324. The van der Waals surface area contributed by atoms with E-state index in [1.807, 2.05) is 31.4 Å². The van der Waals surface area contributed by atoms with Crippen LogP contribution in [0.3, 0.4) is 0 Å². The van der Waals surface area contributed by atoms with Crippen LogP contribution in [0.25, 0.3) is 0 Å². The molecule has 0 heterocycles. The Labute approximate surface area is 82.9 Å². The Kier molecular flexibility index (Phi) is 2.69. The van der Waals surface area contributed by atoms with Crippen LogP contribution in [-0.4, -0.2) is 38.5 Å². The molecule has 1 rings (SSSR count). The van der Waals surface area contributed by atoms with Crippen LogP contribution in [0.2, 0.25) is 0 Å². The topological polar surface area (TPSA) is 35.2 Å². The lowest BCUT2D eigenvalue weighted by Gasteiger charge is -2.17. The number of nitrogens with two attached hydrogens (primary N) is 1. The highest BCUT2D eigenvalue weighted by atomic mass is 16.5. The molecule has 0 spiro atoms. The highest BCUT2D eigenvalue weighted by molar-refractivity contribution is 6.61. The van der Waals surface area contributed by atoms with E-state index in [1.54, 1.807) is 7.11 Å². The number of hydrogen-bond acceptors (Lipinski definition) is 2. The van der Waals surface area contributed by atoms with E-state index in [-0.39, 0.29) is 0 Å². The zero-order valence-electron chi connectivity index (χ0n) is 8.99. The zero-order chi connectivity index (χ0) is 10.2. The van der Waals surface area contributed by atoms with Gasteiger partial charge < -0.3 is 10.5 Å². The quantitative estimate of drug-likeness (QED) is 0.337. The molecule has 13 heavy (non-hydrogen) atoms. The summed E-state index contributed by atoms with van der Waals surface area (Å²) in [4.78, 5) is 0. The fraction of sp³-hybridized carbons (Fsp3) is 0.143. The van der Waals surface area contributed by atoms with Crippen molar-refractivity contribution in [2.45, 2.75) is 0 Å². The highest BCUT2D eigenvalue weighted by Crippen LogP contribution is 1.99. The summed E-state index contributed by atoms with van der Waals surface area (Å²) in [5.41, 5.74) is 11.4. The van der Waals surface area contributed by atoms with Gasteiger partial charge in [-0.1, -0.05) is 21.9 Å². The standard InChI is InChI=1S/C7H13B4NO/c1-13-7-4(10)2(8)6(12)3(9)5(7)11/h8-12H2,1H3. The van der Waals surface area contributed by atoms with Gasteiger partial charge in [-0.25, -0.2) is 0 Å². The van der Waals surface area contributed by atoms with Gasteiger partial charge in [0.05, 0.1) is 7.11 Å². The molecule has 0 fully saturated rings. The molecule has 2 N–H and O–H groups in total. The monoisotopic (exact) mass is 171 g/mol. The molecule has 0 saturated carbocycles. The van der Waals surface area contributed by atoms with E-state index >= 15 is 0 Å². The molecule has 0 amide bonds. The molecule has 0 aliphatic rings. The number of hydrogen-bond donors (Lipinski definition) is 1. The molecule has 0 radical (unpaired) electrons. The van der Waals surface area contributed by atoms with Crippen molar-refractivity contribution in [1.29, 1.82) is 0 Å². The van der Waals surface area contributed by atoms with E-state index in [1.165, 1.54) is 0 Å². The third-order valence-electron chi connectivity index (χ3n) is 2.82. The molecule has 0 bridgehead atoms. The Morgan fingerprint density at radius 3 is 1.62 bits per heavy atom. The number of anilines is 1. The molecular formula is C7H13B4NO. The second-order valence-corrected chi connectivity index (χ2v) is 3.45. The van der Waals surface area contributed by atoms with Gasteiger partial charge in [0, 0.05) is 5.69 Å². The highest BCUT2D eigenvalue weighted by Gasteiger charge is 2.11. The van der Waals surface area contributed by atoms with E-state index < -0.39 is 0 Å². The average Bonchev–Trinajstić information content (AvgIpc) is 2.13. The van der Waals surface area contributed by atoms with Gasteiger partial charge in [-0.15, -0.1) is 0 Å². The zero-order valence-corrected chi connectivity index (χ0v) is 8.99. The maximum absolute atomic E-state index is 5.95. The first-order chi connectivity index (χ1) is 6.00. The molecule has 0 saturated heterocycles. The predicted octanol–water partition coefficient (Wildman–Crippen LogP) is -5.69. The van der Waals surface area contributed by atoms with Gasteiger partial charge in [0.15, 0.2) is 0 Å². The largest absolute Gasteiger partial charge is 0.498 e. The van der Waals surface area contributed by atoms with E-state index in [0.29, 0.717) is 0 Å². The fourth-order valence-electron chi connectivity index (χ4n) is 1.61. The third-order valence-corrected chi connectivity index (χ3v) is 2.82. The van der Waals surface area contributed by atoms with Gasteiger partial charge in [0.25, 0.3) is 0 Å². The summed E-state index contributed by atoms with van der Waals surface area (Å²) in [6, 6.07) is 0. The van der Waals surface area contributed by atoms with Crippen LogP contribution >= 0.6 is 0 Å². The van der Waals surface area contributed by atoms with Crippen molar-refractivity contribution in [3.05, 3.63) is 0 Å². The number of ether oxygens (including phenoxy) is 1. The minimum atomic E-state index is 0.885. The molecule has 2 nitrogen and oxygen atoms in total. The smallest absolute Gasteiger partial charge is 0.143 e. The lowest BCUT2D eigenvalue weighted by atomic mass is 9.68. The first kappa shape index (κ1) is 10.2. The number of methoxy groups -OCH3 is 1. The van der Waals surface area contributed by atoms with Crippen LogP contribution in [0.5, 0.6) is 5.75 Å². The van der Waals surface area contributed by atoms with Gasteiger partial charge in [-0.05, 0) is 0 Å². The molecule has 0 aliphatic heterocycles. The molecule has 0 atom stereocenters. The SMILES string of the molecule is Bc1c(B)c(OC)c(B)c(B)c1N. The van der Waals surface area contributed by atoms with Crippen LogP contribution < -0.4 is 32.3 Å². The summed E-state index contributed by atoms with van der Waals surface area (Å²) in [6.45, 7) is 0. The fourth-order valence-corrected chi connectivity index (χ4v) is 1.61. The first-order valence-electron chi connectivity index (χ1n) is 4.40. The Balaban J connectivity index is 3.56. The summed E-state index contributed by atoms with van der Waals surface area (Å²) < 4.78 is 5.34. The van der Waals surface area contributed by atoms with Crippen LogP contribution in [0.4, 0.5) is 5.69 Å². The minimum absolute atomic E-state index is 0.885. The van der Waals surface area contributed by atoms with Crippen molar-refractivity contribution in [2.24, 2.45) is 0 Å². The molecule has 1 aromatic rings. The number of benzene rings is 1. The molecule has 0 aromatic heterocycles. The van der Waals surface area contributed by atoms with Crippen molar-refractivity contribution in [3.63, 3.8) is 0 Å². The summed E-state index contributed by atoms with van der Waals surface area (Å²) in [5.74, 6) is 0.962. The van der Waals surface area contributed by atoms with Gasteiger partial charge in [0.1, 0.15) is 37.1 Å². The molecular weight excluding hydrogens is 157 g/mol. The predicted molar refractivity (Wildman–Crippen MR) is 70.1 cm³/mol. The van der Waals surface area contributed by atoms with E-state index in [0.717, 1.165) is 33.3 Å². The Hall–Kier alpha value is -0.920. The van der Waals surface area contributed by atoms with Crippen LogP contribution in [0, 0.1) is 0 Å². The second-order valence-electron chi connectivity index (χ2n) is 3.45. The van der Waals surface area contributed by atoms with Crippen molar-refractivity contribution < 1.29 is 4.74 Å². The molecule has 64 valence electrons. The van der Waals surface area contributed by atoms with E-state index in [4.69, 9.17) is 10.5 Å². The van der Waals surface area contributed by atoms with Crippen molar-refractivity contribution in [2.75, 3.05) is 12.8 Å². The van der Waals surface area contributed by atoms with Crippen LogP contribution in [-0.2, 0) is 0 Å². The molecule has 0 aliphatic carbocycles. The minimum Gasteiger partial charge on any atom is -0.498 e. The average molecular weight is 170 g/mol. The molecule has 6 heteroatoms. The van der Waals surface area contributed by atoms with Gasteiger partial charge in [-0.3, -0.25) is 0 Å². The van der Waals surface area contributed by atoms with Gasteiger partial charge >= 0.3 is 0 Å². The van der Waals surface area contributed by atoms with Crippen molar-refractivity contribution in [1.82, 2.24) is 0 Å². The second kappa shape index (κ2) is 3.44. The van der Waals surface area contributed by atoms with Gasteiger partial charge in [0.2, 0.25) is 0 Å². The normalized spacial score (nSPS) is 9.92. The Morgan fingerprint density at radius 1 is 0.923 bits per heavy atom. The van der Waals surface area contributed by atoms with Crippen LogP contribution in [0.1, 0.15) is 0 Å². The summed E-state index contributed by atoms with van der Waals surface area (Å²) in [7, 11) is 9.83. The van der Waals surface area contributed by atoms with E-state index in [2.05, 4.69) is 0 Å². The molecule has 1 aromatic carbocycles. The van der Waals surface area contributed by atoms with Crippen molar-refractivity contribution in [3.8, 4) is 5.75 Å². The maximum atomic E-state index is 5.95. The Morgan fingerprint density at radius 2 is 1.31 bits per heavy atom. The van der Waals surface area contributed by atoms with Crippen LogP contribution in [0.15, 0.2) is 0 Å². The summed E-state index contributed by atoms with van der Waals surface area (Å²) in [5, 5.41) is 0. The number of rotatable bonds is 1. The van der Waals surface area contributed by atoms with Gasteiger partial charge in [-0.2, -0.15) is 0 Å².